The Morgan fingerprint density at radius 3 is 2.32 bits per heavy atom. The molecule has 0 saturated heterocycles. The summed E-state index contributed by atoms with van der Waals surface area (Å²) in [7, 11) is 0. The molecule has 0 aromatic heterocycles. The number of hydrogen-bond acceptors (Lipinski definition) is 11. The number of unbranched alkanes of at least 4 members (excludes halogenated alkanes) is 2. The van der Waals surface area contributed by atoms with Crippen LogP contribution in [0.25, 0.3) is 5.57 Å². The van der Waals surface area contributed by atoms with E-state index in [2.05, 4.69) is 31.9 Å². The molecule has 1 saturated carbocycles. The number of aryl methyl sites for hydroxylation is 1. The van der Waals surface area contributed by atoms with Crippen LogP contribution in [0.1, 0.15) is 113 Å². The first-order valence-corrected chi connectivity index (χ1v) is 25.4. The van der Waals surface area contributed by atoms with E-state index < -0.39 is 72.4 Å². The number of aldehydes is 1. The Kier molecular flexibility index (Phi) is 20.0. The fourth-order valence-corrected chi connectivity index (χ4v) is 9.51. The number of amides is 6. The predicted molar refractivity (Wildman–Crippen MR) is 269 cm³/mol. The Balaban J connectivity index is 1.10. The molecule has 2 aromatic rings. The van der Waals surface area contributed by atoms with Gasteiger partial charge in [-0.3, -0.25) is 33.6 Å². The second kappa shape index (κ2) is 26.2. The summed E-state index contributed by atoms with van der Waals surface area (Å²) in [4.78, 5) is 103. The van der Waals surface area contributed by atoms with Crippen LogP contribution in [0.5, 0.6) is 0 Å². The number of carbonyl (C=O) groups excluding carboxylic acids is 8. The van der Waals surface area contributed by atoms with E-state index in [9.17, 15) is 43.5 Å². The van der Waals surface area contributed by atoms with Crippen molar-refractivity contribution < 1.29 is 57.3 Å². The van der Waals surface area contributed by atoms with Crippen molar-refractivity contribution >= 4 is 53.3 Å². The minimum atomic E-state index is -2.02. The summed E-state index contributed by atoms with van der Waals surface area (Å²) < 4.78 is 26.7. The molecule has 6 rings (SSSR count). The molecule has 4 atom stereocenters. The van der Waals surface area contributed by atoms with Crippen LogP contribution in [0.4, 0.5) is 4.39 Å². The Hall–Kier alpha value is -6.79. The normalized spacial score (nSPS) is 20.4. The van der Waals surface area contributed by atoms with Gasteiger partial charge in [-0.15, -0.1) is 0 Å². The Bertz CT molecular complexity index is 2550. The first-order chi connectivity index (χ1) is 35.1. The molecule has 0 spiro atoms. The van der Waals surface area contributed by atoms with Crippen molar-refractivity contribution in [2.75, 3.05) is 33.0 Å². The van der Waals surface area contributed by atoms with E-state index in [1.807, 2.05) is 19.9 Å². The minimum absolute atomic E-state index is 0.0201. The number of hydrogen-bond donors (Lipinski definition) is 7. The van der Waals surface area contributed by atoms with Crippen LogP contribution in [-0.2, 0) is 67.1 Å². The van der Waals surface area contributed by atoms with Crippen LogP contribution in [0.3, 0.4) is 0 Å². The Morgan fingerprint density at radius 2 is 1.60 bits per heavy atom. The molecular formula is C55H69FN6O11. The van der Waals surface area contributed by atoms with Crippen molar-refractivity contribution in [3.05, 3.63) is 111 Å². The number of aliphatic hydroxyl groups is 1. The number of rotatable bonds is 24. The molecule has 3 aliphatic carbocycles. The summed E-state index contributed by atoms with van der Waals surface area (Å²) in [6.07, 6.45) is 12.2. The van der Waals surface area contributed by atoms with Gasteiger partial charge in [0, 0.05) is 24.0 Å². The molecular weight excluding hydrogens is 940 g/mol. The Labute approximate surface area is 425 Å². The monoisotopic (exact) mass is 1010 g/mol. The molecule has 7 N–H and O–H groups in total. The number of ether oxygens (including phenoxy) is 2. The summed E-state index contributed by atoms with van der Waals surface area (Å²) in [5.74, 6) is -4.41. The first-order valence-electron chi connectivity index (χ1n) is 25.4. The fraction of sp³-hybridized carbons (Fsp3) is 0.491. The van der Waals surface area contributed by atoms with Crippen LogP contribution in [0, 0.1) is 18.7 Å². The number of nitrogens with one attached hydrogen (secondary N) is 6. The lowest BCUT2D eigenvalue weighted by atomic mass is 9.75. The SMILES string of the molecule is CCCCCC(=O)NCC(=O)NCC(=O)N[C@@H](Cc1ccccc1)C(=O)NCC(=O)NCOC(C(=O)N[C@H]1CCc2c(C)c(F)cc3c2/C1=C(/C)C(/C=C/C1=C(C=O)COC(=O)[C@]1(O)CC)=CCCC3)C1CC1. The quantitative estimate of drug-likeness (QED) is 0.0344. The lowest BCUT2D eigenvalue weighted by Crippen LogP contribution is -2.52. The van der Waals surface area contributed by atoms with Crippen LogP contribution < -0.4 is 31.9 Å². The maximum atomic E-state index is 15.5. The molecule has 1 unspecified atom stereocenters. The molecule has 392 valence electrons. The number of benzene rings is 2. The molecule has 73 heavy (non-hydrogen) atoms. The highest BCUT2D eigenvalue weighted by Gasteiger charge is 2.44. The fourth-order valence-electron chi connectivity index (χ4n) is 9.51. The third kappa shape index (κ3) is 14.7. The minimum Gasteiger partial charge on any atom is -0.458 e. The third-order valence-electron chi connectivity index (χ3n) is 13.9. The van der Waals surface area contributed by atoms with Crippen molar-refractivity contribution in [2.45, 2.75) is 135 Å². The van der Waals surface area contributed by atoms with E-state index in [1.54, 1.807) is 62.4 Å². The zero-order valence-electron chi connectivity index (χ0n) is 42.2. The van der Waals surface area contributed by atoms with Gasteiger partial charge in [0.25, 0.3) is 0 Å². The second-order valence-corrected chi connectivity index (χ2v) is 19.1. The molecule has 4 aliphatic rings. The zero-order chi connectivity index (χ0) is 52.7. The molecule has 17 nitrogen and oxygen atoms in total. The number of carbonyl (C=O) groups is 8. The lowest BCUT2D eigenvalue weighted by Gasteiger charge is -2.34. The van der Waals surface area contributed by atoms with Crippen molar-refractivity contribution in [1.29, 1.82) is 0 Å². The summed E-state index contributed by atoms with van der Waals surface area (Å²) in [5, 5.41) is 27.4. The number of allylic oxidation sites excluding steroid dienone is 4. The van der Waals surface area contributed by atoms with Crippen molar-refractivity contribution in [1.82, 2.24) is 31.9 Å². The van der Waals surface area contributed by atoms with Gasteiger partial charge in [0.15, 0.2) is 5.60 Å². The third-order valence-corrected chi connectivity index (χ3v) is 13.9. The number of cyclic esters (lactones) is 1. The van der Waals surface area contributed by atoms with Gasteiger partial charge in [0.1, 0.15) is 37.6 Å². The summed E-state index contributed by atoms with van der Waals surface area (Å²) in [5.41, 5.74) is 4.43. The van der Waals surface area contributed by atoms with Crippen LogP contribution in [0.2, 0.25) is 0 Å². The van der Waals surface area contributed by atoms with Gasteiger partial charge in [-0.1, -0.05) is 75.2 Å². The average molecular weight is 1010 g/mol. The number of halogens is 1. The van der Waals surface area contributed by atoms with Gasteiger partial charge in [0.2, 0.25) is 35.4 Å². The van der Waals surface area contributed by atoms with E-state index in [0.717, 1.165) is 64.7 Å². The highest BCUT2D eigenvalue weighted by atomic mass is 19.1. The lowest BCUT2D eigenvalue weighted by molar-refractivity contribution is -0.162. The highest BCUT2D eigenvalue weighted by molar-refractivity contribution is 5.94. The molecule has 0 bridgehead atoms. The molecule has 0 radical (unpaired) electrons. The number of esters is 1. The smallest absolute Gasteiger partial charge is 0.343 e. The van der Waals surface area contributed by atoms with E-state index >= 15 is 4.39 Å². The predicted octanol–water partition coefficient (Wildman–Crippen LogP) is 3.88. The molecule has 18 heteroatoms. The van der Waals surface area contributed by atoms with Gasteiger partial charge in [-0.05, 0) is 128 Å². The van der Waals surface area contributed by atoms with E-state index in [1.165, 1.54) is 0 Å². The van der Waals surface area contributed by atoms with Crippen LogP contribution in [0.15, 0.2) is 76.9 Å². The zero-order valence-corrected chi connectivity index (χ0v) is 42.2. The van der Waals surface area contributed by atoms with E-state index in [0.29, 0.717) is 56.8 Å². The largest absolute Gasteiger partial charge is 0.458 e. The van der Waals surface area contributed by atoms with Gasteiger partial charge < -0.3 is 46.5 Å². The van der Waals surface area contributed by atoms with Crippen LogP contribution >= 0.6 is 0 Å². The maximum Gasteiger partial charge on any atom is 0.343 e. The maximum absolute atomic E-state index is 15.5. The summed E-state index contributed by atoms with van der Waals surface area (Å²) in [6, 6.07) is 8.85. The molecule has 1 aliphatic heterocycles. The van der Waals surface area contributed by atoms with Crippen molar-refractivity contribution in [3.8, 4) is 0 Å². The Morgan fingerprint density at radius 1 is 0.890 bits per heavy atom. The average Bonchev–Trinajstić information content (AvgIpc) is 4.22. The van der Waals surface area contributed by atoms with E-state index in [4.69, 9.17) is 9.47 Å². The first kappa shape index (κ1) is 55.5. The molecule has 2 aromatic carbocycles. The van der Waals surface area contributed by atoms with E-state index in [-0.39, 0.29) is 61.5 Å². The van der Waals surface area contributed by atoms with Crippen LogP contribution in [-0.4, -0.2) is 110 Å². The van der Waals surface area contributed by atoms with Crippen molar-refractivity contribution in [2.24, 2.45) is 5.92 Å². The van der Waals surface area contributed by atoms with Gasteiger partial charge in [-0.2, -0.15) is 0 Å². The summed E-state index contributed by atoms with van der Waals surface area (Å²) in [6.45, 7) is 5.48. The molecule has 1 fully saturated rings. The topological polar surface area (TPSA) is 247 Å². The summed E-state index contributed by atoms with van der Waals surface area (Å²) >= 11 is 0. The highest BCUT2D eigenvalue weighted by Crippen LogP contribution is 2.43. The van der Waals surface area contributed by atoms with Crippen molar-refractivity contribution in [3.63, 3.8) is 0 Å². The molecule has 6 amide bonds. The second-order valence-electron chi connectivity index (χ2n) is 19.1. The van der Waals surface area contributed by atoms with Gasteiger partial charge in [-0.25, -0.2) is 9.18 Å². The molecule has 1 heterocycles. The van der Waals surface area contributed by atoms with Gasteiger partial charge >= 0.3 is 5.97 Å². The standard InChI is InChI=1S/C55H69FN6O11/c1-5-7-9-18-45(64)57-27-46(65)58-29-48(67)61-44(25-35-14-10-8-11-15-35)52(68)59-28-47(66)60-32-73-51(37-19-20-37)53(69)62-43-24-22-40-34(4)42(56)26-38-17-13-12-16-36(33(3)49(43)50(38)40)21-23-41-39(30-63)31-72-54(70)55(41,71)6-2/h8,10-11,14-16,21,23,26,30,37,43-44,51,71H,5-7,9,12-13,17-20,22,24-25,27-29,31-32H2,1-4H3,(H,57,64)(H,58,65)(H,59,68)(H,60,66)(H,61,67)(H,62,69)/b23-21+,36-16?,49-33-/t43-,44-,51?,55-/m0/s1. The van der Waals surface area contributed by atoms with Gasteiger partial charge in [0.05, 0.1) is 25.7 Å².